The van der Waals surface area contributed by atoms with Gasteiger partial charge in [0.05, 0.1) is 11.3 Å². The lowest BCUT2D eigenvalue weighted by Crippen LogP contribution is -2.37. The molecule has 0 bridgehead atoms. The van der Waals surface area contributed by atoms with Gasteiger partial charge in [-0.3, -0.25) is 9.69 Å². The number of hydrogen-bond donors (Lipinski definition) is 0. The average molecular weight is 464 g/mol. The quantitative estimate of drug-likeness (QED) is 0.476. The fourth-order valence-corrected chi connectivity index (χ4v) is 4.39. The number of benzene rings is 3. The molecule has 3 aromatic carbocycles. The van der Waals surface area contributed by atoms with E-state index in [0.29, 0.717) is 34.3 Å². The molecule has 7 heteroatoms. The van der Waals surface area contributed by atoms with E-state index in [1.165, 1.54) is 29.2 Å². The highest BCUT2D eigenvalue weighted by Gasteiger charge is 2.42. The summed E-state index contributed by atoms with van der Waals surface area (Å²) in [5.74, 6) is -0.781. The number of carbonyl (C=O) groups is 2. The van der Waals surface area contributed by atoms with Crippen molar-refractivity contribution in [3.8, 4) is 5.75 Å². The van der Waals surface area contributed by atoms with E-state index in [-0.39, 0.29) is 18.9 Å². The Morgan fingerprint density at radius 3 is 2.45 bits per heavy atom. The third-order valence-corrected chi connectivity index (χ3v) is 6.21. The van der Waals surface area contributed by atoms with E-state index in [1.807, 2.05) is 48.5 Å². The Labute approximate surface area is 195 Å². The number of nitrogens with zero attached hydrogens (tertiary/aromatic N) is 1. The van der Waals surface area contributed by atoms with Crippen molar-refractivity contribution in [1.29, 1.82) is 0 Å². The molecule has 2 aliphatic rings. The van der Waals surface area contributed by atoms with Crippen molar-refractivity contribution in [2.45, 2.75) is 18.9 Å². The van der Waals surface area contributed by atoms with Crippen LogP contribution in [0.15, 0.2) is 84.1 Å². The summed E-state index contributed by atoms with van der Waals surface area (Å²) in [4.78, 5) is 27.1. The Balaban J connectivity index is 1.40. The minimum absolute atomic E-state index is 0.00676. The average Bonchev–Trinajstić information content (AvgIpc) is 3.20. The van der Waals surface area contributed by atoms with Gasteiger partial charge in [0.1, 0.15) is 24.8 Å². The van der Waals surface area contributed by atoms with Gasteiger partial charge >= 0.3 is 5.97 Å². The van der Waals surface area contributed by atoms with Gasteiger partial charge in [-0.2, -0.15) is 0 Å². The van der Waals surface area contributed by atoms with Gasteiger partial charge in [0.2, 0.25) is 5.91 Å². The van der Waals surface area contributed by atoms with Crippen molar-refractivity contribution < 1.29 is 23.5 Å². The summed E-state index contributed by atoms with van der Waals surface area (Å²) < 4.78 is 24.5. The van der Waals surface area contributed by atoms with Crippen molar-refractivity contribution >= 4 is 29.2 Å². The minimum atomic E-state index is -0.436. The molecule has 0 aromatic heterocycles. The number of hydrogen-bond acceptors (Lipinski definition) is 4. The van der Waals surface area contributed by atoms with Crippen molar-refractivity contribution in [1.82, 2.24) is 0 Å². The van der Waals surface area contributed by atoms with Crippen LogP contribution in [0.5, 0.6) is 5.75 Å². The molecule has 0 saturated heterocycles. The van der Waals surface area contributed by atoms with Gasteiger partial charge in [-0.15, -0.1) is 0 Å². The number of esters is 1. The first kappa shape index (κ1) is 21.2. The normalized spacial score (nSPS) is 17.8. The molecule has 1 unspecified atom stereocenters. The third kappa shape index (κ3) is 4.10. The lowest BCUT2D eigenvalue weighted by molar-refractivity contribution is -0.136. The van der Waals surface area contributed by atoms with Crippen LogP contribution >= 0.6 is 11.6 Å². The van der Waals surface area contributed by atoms with E-state index in [1.54, 1.807) is 0 Å². The predicted octanol–water partition coefficient (Wildman–Crippen LogP) is 5.39. The maximum absolute atomic E-state index is 13.4. The van der Waals surface area contributed by atoms with Gasteiger partial charge in [0.15, 0.2) is 0 Å². The number of halogens is 2. The molecule has 1 atom stereocenters. The Morgan fingerprint density at radius 1 is 1.00 bits per heavy atom. The van der Waals surface area contributed by atoms with Crippen LogP contribution in [0.3, 0.4) is 0 Å². The summed E-state index contributed by atoms with van der Waals surface area (Å²) in [5.41, 5.74) is 3.17. The van der Waals surface area contributed by atoms with Gasteiger partial charge in [0.25, 0.3) is 0 Å². The molecule has 166 valence electrons. The third-order valence-electron chi connectivity index (χ3n) is 5.84. The van der Waals surface area contributed by atoms with Crippen LogP contribution in [-0.2, 0) is 20.9 Å². The zero-order valence-electron chi connectivity index (χ0n) is 17.5. The second-order valence-corrected chi connectivity index (χ2v) is 8.26. The molecule has 0 fully saturated rings. The van der Waals surface area contributed by atoms with Crippen molar-refractivity contribution in [2.75, 3.05) is 11.5 Å². The Bertz CT molecular complexity index is 1250. The van der Waals surface area contributed by atoms with E-state index in [2.05, 4.69) is 0 Å². The van der Waals surface area contributed by atoms with Crippen LogP contribution in [0.25, 0.3) is 0 Å². The highest BCUT2D eigenvalue weighted by atomic mass is 35.5. The van der Waals surface area contributed by atoms with E-state index < -0.39 is 17.7 Å². The van der Waals surface area contributed by atoms with E-state index >= 15 is 0 Å². The number of carbonyl (C=O) groups excluding carboxylic acids is 2. The molecule has 0 saturated carbocycles. The number of cyclic esters (lactones) is 1. The molecule has 3 aromatic rings. The van der Waals surface area contributed by atoms with Gasteiger partial charge in [0, 0.05) is 28.6 Å². The molecule has 5 rings (SSSR count). The molecular formula is C26H19ClFNO4. The summed E-state index contributed by atoms with van der Waals surface area (Å²) in [5, 5.41) is 0.639. The monoisotopic (exact) mass is 463 g/mol. The molecule has 0 N–H and O–H groups in total. The molecular weight excluding hydrogens is 445 g/mol. The molecule has 2 heterocycles. The first-order valence-corrected chi connectivity index (χ1v) is 10.8. The Morgan fingerprint density at radius 2 is 1.73 bits per heavy atom. The Kier molecular flexibility index (Phi) is 5.60. The van der Waals surface area contributed by atoms with E-state index in [9.17, 15) is 14.0 Å². The maximum Gasteiger partial charge on any atom is 0.336 e. The van der Waals surface area contributed by atoms with Crippen LogP contribution in [0.4, 0.5) is 10.1 Å². The predicted molar refractivity (Wildman–Crippen MR) is 121 cm³/mol. The van der Waals surface area contributed by atoms with Crippen LogP contribution in [0.2, 0.25) is 5.02 Å². The largest absolute Gasteiger partial charge is 0.489 e. The molecule has 0 radical (unpaired) electrons. The first-order chi connectivity index (χ1) is 16.0. The summed E-state index contributed by atoms with van der Waals surface area (Å²) in [6.07, 6.45) is 0.102. The highest BCUT2D eigenvalue weighted by molar-refractivity contribution is 6.31. The molecule has 5 nitrogen and oxygen atoms in total. The fraction of sp³-hybridized carbons (Fsp3) is 0.154. The van der Waals surface area contributed by atoms with Crippen LogP contribution in [-0.4, -0.2) is 18.5 Å². The zero-order valence-corrected chi connectivity index (χ0v) is 18.2. The van der Waals surface area contributed by atoms with Crippen molar-refractivity contribution in [3.63, 3.8) is 0 Å². The van der Waals surface area contributed by atoms with Crippen molar-refractivity contribution in [3.05, 3.63) is 106 Å². The number of rotatable bonds is 5. The Hall–Kier alpha value is -3.64. The zero-order chi connectivity index (χ0) is 22.9. The topological polar surface area (TPSA) is 55.8 Å². The molecule has 2 aliphatic heterocycles. The van der Waals surface area contributed by atoms with E-state index in [4.69, 9.17) is 21.1 Å². The second kappa shape index (κ2) is 8.71. The summed E-state index contributed by atoms with van der Waals surface area (Å²) in [6, 6.07) is 20.4. The number of amides is 1. The molecule has 0 spiro atoms. The standard InChI is InChI=1S/C26H19ClFNO4/c27-22-4-2-1-3-17(22)14-32-20-11-5-16(6-12-20)21-13-24(30)29(19-9-7-18(28)8-10-19)23-15-33-26(31)25(21)23/h1-12,21H,13-15H2. The van der Waals surface area contributed by atoms with Crippen LogP contribution in [0, 0.1) is 5.82 Å². The minimum Gasteiger partial charge on any atom is -0.489 e. The van der Waals surface area contributed by atoms with Gasteiger partial charge in [-0.1, -0.05) is 41.9 Å². The lowest BCUT2D eigenvalue weighted by Gasteiger charge is -2.31. The maximum atomic E-state index is 13.4. The molecule has 1 amide bonds. The van der Waals surface area contributed by atoms with Crippen LogP contribution in [0.1, 0.15) is 23.5 Å². The molecule has 33 heavy (non-hydrogen) atoms. The van der Waals surface area contributed by atoms with Crippen molar-refractivity contribution in [2.24, 2.45) is 0 Å². The summed E-state index contributed by atoms with van der Waals surface area (Å²) in [6.45, 7) is 0.335. The SMILES string of the molecule is O=C1OCC2=C1C(c1ccc(OCc3ccccc3Cl)cc1)CC(=O)N2c1ccc(F)cc1. The van der Waals surface area contributed by atoms with Gasteiger partial charge in [-0.05, 0) is 48.0 Å². The number of anilines is 1. The van der Waals surface area contributed by atoms with Gasteiger partial charge < -0.3 is 9.47 Å². The highest BCUT2D eigenvalue weighted by Crippen LogP contribution is 2.42. The van der Waals surface area contributed by atoms with E-state index in [0.717, 1.165) is 11.1 Å². The fourth-order valence-electron chi connectivity index (χ4n) is 4.20. The molecule has 0 aliphatic carbocycles. The summed E-state index contributed by atoms with van der Waals surface area (Å²) in [7, 11) is 0. The smallest absolute Gasteiger partial charge is 0.336 e. The summed E-state index contributed by atoms with van der Waals surface area (Å²) >= 11 is 6.18. The first-order valence-electron chi connectivity index (χ1n) is 10.5. The van der Waals surface area contributed by atoms with Gasteiger partial charge in [-0.25, -0.2) is 9.18 Å². The van der Waals surface area contributed by atoms with Crippen LogP contribution < -0.4 is 9.64 Å². The second-order valence-electron chi connectivity index (χ2n) is 7.85. The lowest BCUT2D eigenvalue weighted by atomic mass is 9.84. The number of ether oxygens (including phenoxy) is 2.